The zero-order chi connectivity index (χ0) is 27.0. The van der Waals surface area contributed by atoms with Gasteiger partial charge in [-0.3, -0.25) is 0 Å². The highest BCUT2D eigenvalue weighted by Crippen LogP contribution is 2.37. The fourth-order valence-electron chi connectivity index (χ4n) is 3.78. The van der Waals surface area contributed by atoms with Crippen LogP contribution in [0.5, 0.6) is 5.75 Å². The van der Waals surface area contributed by atoms with E-state index in [0.29, 0.717) is 30.4 Å². The molecule has 0 saturated heterocycles. The van der Waals surface area contributed by atoms with Crippen molar-refractivity contribution < 1.29 is 39.9 Å². The van der Waals surface area contributed by atoms with Crippen molar-refractivity contribution in [2.45, 2.75) is 25.1 Å². The van der Waals surface area contributed by atoms with E-state index < -0.39 is 52.0 Å². The first-order valence-electron chi connectivity index (χ1n) is 10.8. The Bertz CT molecular complexity index is 1580. The maximum absolute atomic E-state index is 15.0. The van der Waals surface area contributed by atoms with Gasteiger partial charge in [0.05, 0.1) is 11.1 Å². The summed E-state index contributed by atoms with van der Waals surface area (Å²) in [6.07, 6.45) is -5.97. The lowest BCUT2D eigenvalue weighted by molar-refractivity contribution is -0.186. The van der Waals surface area contributed by atoms with E-state index in [9.17, 15) is 35.1 Å². The highest BCUT2D eigenvalue weighted by atomic mass is 19.4. The number of hydrogen-bond donors (Lipinski definition) is 0. The first-order chi connectivity index (χ1) is 17.4. The van der Waals surface area contributed by atoms with Crippen molar-refractivity contribution in [3.05, 3.63) is 101 Å². The molecule has 0 amide bonds. The number of benzene rings is 4. The van der Waals surface area contributed by atoms with E-state index in [2.05, 4.69) is 11.3 Å². The third-order valence-electron chi connectivity index (χ3n) is 5.55. The number of ether oxygens (including phenoxy) is 1. The van der Waals surface area contributed by atoms with E-state index in [1.54, 1.807) is 18.2 Å². The van der Waals surface area contributed by atoms with Crippen LogP contribution >= 0.6 is 0 Å². The number of halogens is 8. The summed E-state index contributed by atoms with van der Waals surface area (Å²) in [4.78, 5) is 0. The summed E-state index contributed by atoms with van der Waals surface area (Å²) in [5.74, 6) is -2.51. The predicted molar refractivity (Wildman–Crippen MR) is 124 cm³/mol. The van der Waals surface area contributed by atoms with Gasteiger partial charge >= 0.3 is 12.3 Å². The summed E-state index contributed by atoms with van der Waals surface area (Å²) in [5.41, 5.74) is -1.09. The quantitative estimate of drug-likeness (QED) is 0.141. The zero-order valence-corrected chi connectivity index (χ0v) is 18.8. The molecule has 0 aliphatic heterocycles. The van der Waals surface area contributed by atoms with Crippen molar-refractivity contribution in [2.24, 2.45) is 0 Å². The van der Waals surface area contributed by atoms with Crippen molar-refractivity contribution in [1.29, 1.82) is 0 Å². The second-order valence-electron chi connectivity index (χ2n) is 8.11. The Labute approximate surface area is 206 Å². The van der Waals surface area contributed by atoms with Gasteiger partial charge in [-0.2, -0.15) is 22.0 Å². The number of alkyl halides is 5. The summed E-state index contributed by atoms with van der Waals surface area (Å²) in [6, 6.07) is 10.2. The minimum absolute atomic E-state index is 0.0609. The second-order valence-corrected chi connectivity index (χ2v) is 8.11. The minimum atomic E-state index is -4.98. The molecule has 4 aromatic rings. The summed E-state index contributed by atoms with van der Waals surface area (Å²) < 4.78 is 115. The van der Waals surface area contributed by atoms with Crippen LogP contribution in [0, 0.1) is 29.3 Å². The van der Waals surface area contributed by atoms with E-state index in [-0.39, 0.29) is 10.8 Å². The lowest BCUT2D eigenvalue weighted by Gasteiger charge is -2.20. The Morgan fingerprint density at radius 3 is 2.22 bits per heavy atom. The fourth-order valence-corrected chi connectivity index (χ4v) is 3.78. The van der Waals surface area contributed by atoms with Gasteiger partial charge in [-0.05, 0) is 53.4 Å². The topological polar surface area (TPSA) is 9.23 Å². The lowest BCUT2D eigenvalue weighted by atomic mass is 10.0. The third kappa shape index (κ3) is 5.53. The van der Waals surface area contributed by atoms with E-state index in [1.807, 2.05) is 0 Å². The van der Waals surface area contributed by atoms with Crippen LogP contribution < -0.4 is 4.74 Å². The molecule has 4 rings (SSSR count). The van der Waals surface area contributed by atoms with Gasteiger partial charge in [-0.25, -0.2) is 13.2 Å². The van der Waals surface area contributed by atoms with Crippen LogP contribution in [0.2, 0.25) is 0 Å². The van der Waals surface area contributed by atoms with E-state index in [1.165, 1.54) is 18.1 Å². The SMILES string of the molecule is C=CCCc1ccc2c(F)c(OC(F)(F)c3ccc4c(F)c(C#CC(F)(F)F)c(F)cc4c3)ccc2c1. The van der Waals surface area contributed by atoms with Gasteiger partial charge in [-0.1, -0.05) is 42.3 Å². The van der Waals surface area contributed by atoms with Crippen LogP contribution in [0.4, 0.5) is 35.1 Å². The summed E-state index contributed by atoms with van der Waals surface area (Å²) >= 11 is 0. The lowest BCUT2D eigenvalue weighted by Crippen LogP contribution is -2.22. The number of rotatable bonds is 6. The van der Waals surface area contributed by atoms with Crippen LogP contribution in [0.15, 0.2) is 67.3 Å². The van der Waals surface area contributed by atoms with Gasteiger partial charge < -0.3 is 4.74 Å². The standard InChI is InChI=1S/C28H16F8O/c1-2-3-4-16-5-8-20-17(13-16)6-10-24(26(20)31)37-28(35,36)19-7-9-21-18(14-19)15-23(29)22(25(21)30)11-12-27(32,33)34/h2,5-10,13-15H,1,3-4H2. The Balaban J connectivity index is 1.67. The zero-order valence-electron chi connectivity index (χ0n) is 18.8. The molecule has 4 aromatic carbocycles. The molecule has 0 radical (unpaired) electrons. The molecule has 37 heavy (non-hydrogen) atoms. The molecule has 0 heterocycles. The van der Waals surface area contributed by atoms with E-state index in [0.717, 1.165) is 29.7 Å². The molecule has 190 valence electrons. The van der Waals surface area contributed by atoms with Gasteiger partial charge in [0.1, 0.15) is 11.6 Å². The first-order valence-corrected chi connectivity index (χ1v) is 10.8. The summed E-state index contributed by atoms with van der Waals surface area (Å²) in [5, 5.41) is -0.266. The Morgan fingerprint density at radius 1 is 0.811 bits per heavy atom. The van der Waals surface area contributed by atoms with Gasteiger partial charge in [0.15, 0.2) is 11.6 Å². The van der Waals surface area contributed by atoms with Gasteiger partial charge in [0.2, 0.25) is 0 Å². The van der Waals surface area contributed by atoms with Crippen molar-refractivity contribution in [2.75, 3.05) is 0 Å². The molecule has 0 unspecified atom stereocenters. The van der Waals surface area contributed by atoms with Crippen molar-refractivity contribution >= 4 is 21.5 Å². The normalized spacial score (nSPS) is 11.9. The van der Waals surface area contributed by atoms with Crippen molar-refractivity contribution in [1.82, 2.24) is 0 Å². The van der Waals surface area contributed by atoms with Crippen LogP contribution in [0.3, 0.4) is 0 Å². The molecule has 0 aliphatic carbocycles. The Morgan fingerprint density at radius 2 is 1.51 bits per heavy atom. The van der Waals surface area contributed by atoms with Gasteiger partial charge in [-0.15, -0.1) is 6.58 Å². The molecule has 0 saturated carbocycles. The summed E-state index contributed by atoms with van der Waals surface area (Å²) in [6.45, 7) is 3.64. The first kappa shape index (κ1) is 26.0. The largest absolute Gasteiger partial charge is 0.458 e. The average Bonchev–Trinajstić information content (AvgIpc) is 2.83. The molecule has 0 fully saturated rings. The Kier molecular flexibility index (Phi) is 6.87. The number of allylic oxidation sites excluding steroid dienone is 1. The molecular formula is C28H16F8O. The second kappa shape index (κ2) is 9.77. The van der Waals surface area contributed by atoms with Crippen LogP contribution in [-0.4, -0.2) is 6.18 Å². The maximum Gasteiger partial charge on any atom is 0.458 e. The molecule has 9 heteroatoms. The van der Waals surface area contributed by atoms with E-state index in [4.69, 9.17) is 0 Å². The third-order valence-corrected chi connectivity index (χ3v) is 5.55. The fraction of sp³-hybridized carbons (Fsp3) is 0.143. The molecule has 0 spiro atoms. The monoisotopic (exact) mass is 520 g/mol. The molecule has 0 aromatic heterocycles. The highest BCUT2D eigenvalue weighted by molar-refractivity contribution is 5.86. The smallest absolute Gasteiger partial charge is 0.426 e. The van der Waals surface area contributed by atoms with Crippen molar-refractivity contribution in [3.8, 4) is 17.6 Å². The molecule has 0 aliphatic rings. The van der Waals surface area contributed by atoms with Gasteiger partial charge in [0, 0.05) is 16.7 Å². The predicted octanol–water partition coefficient (Wildman–Crippen LogP) is 8.57. The average molecular weight is 520 g/mol. The summed E-state index contributed by atoms with van der Waals surface area (Å²) in [7, 11) is 0. The number of hydrogen-bond acceptors (Lipinski definition) is 1. The van der Waals surface area contributed by atoms with Crippen LogP contribution in [0.25, 0.3) is 21.5 Å². The Hall–Kier alpha value is -4.06. The highest BCUT2D eigenvalue weighted by Gasteiger charge is 2.36. The minimum Gasteiger partial charge on any atom is -0.426 e. The molecule has 0 bridgehead atoms. The molecule has 0 N–H and O–H groups in total. The van der Waals surface area contributed by atoms with Crippen LogP contribution in [-0.2, 0) is 12.5 Å². The maximum atomic E-state index is 15.0. The molecule has 0 atom stereocenters. The van der Waals surface area contributed by atoms with E-state index >= 15 is 0 Å². The van der Waals surface area contributed by atoms with Crippen LogP contribution in [0.1, 0.15) is 23.1 Å². The number of fused-ring (bicyclic) bond motifs is 2. The molecular weight excluding hydrogens is 504 g/mol. The van der Waals surface area contributed by atoms with Gasteiger partial charge in [0.25, 0.3) is 0 Å². The number of aryl methyl sites for hydroxylation is 1. The van der Waals surface area contributed by atoms with Crippen molar-refractivity contribution in [3.63, 3.8) is 0 Å². The molecule has 1 nitrogen and oxygen atoms in total.